The number of benzene rings is 1. The predicted octanol–water partition coefficient (Wildman–Crippen LogP) is 2.42. The summed E-state index contributed by atoms with van der Waals surface area (Å²) in [7, 11) is 2.04. The fraction of sp³-hybridized carbons (Fsp3) is 0.438. The number of hydrogen-bond acceptors (Lipinski definition) is 2. The Morgan fingerprint density at radius 3 is 2.84 bits per heavy atom. The molecular weight excluding hydrogens is 236 g/mol. The van der Waals surface area contributed by atoms with Gasteiger partial charge in [-0.25, -0.2) is 4.98 Å². The second-order valence-corrected chi connectivity index (χ2v) is 5.33. The molecule has 100 valence electrons. The van der Waals surface area contributed by atoms with Crippen molar-refractivity contribution in [3.63, 3.8) is 0 Å². The molecule has 1 aromatic heterocycles. The lowest BCUT2D eigenvalue weighted by Gasteiger charge is -2.08. The predicted molar refractivity (Wildman–Crippen MR) is 76.2 cm³/mol. The largest absolute Gasteiger partial charge is 0.396 e. The summed E-state index contributed by atoms with van der Waals surface area (Å²) in [4.78, 5) is 4.57. The van der Waals surface area contributed by atoms with Crippen LogP contribution in [0, 0.1) is 6.92 Å². The molecule has 1 aliphatic carbocycles. The first kappa shape index (κ1) is 12.4. The molecule has 0 fully saturated rings. The van der Waals surface area contributed by atoms with Crippen molar-refractivity contribution in [3.8, 4) is 11.3 Å². The molecule has 0 aliphatic heterocycles. The summed E-state index contributed by atoms with van der Waals surface area (Å²) < 4.78 is 2.11. The molecule has 0 amide bonds. The standard InChI is InChI=1S/C16H20N2O/c1-11-16(18(2)15(17-11)8-9-19)14-7-6-12-4-3-5-13(12)10-14/h6-7,10,19H,3-5,8-9H2,1-2H3. The fourth-order valence-electron chi connectivity index (χ4n) is 3.14. The zero-order valence-corrected chi connectivity index (χ0v) is 11.6. The number of aromatic nitrogens is 2. The smallest absolute Gasteiger partial charge is 0.111 e. The Balaban J connectivity index is 2.07. The Kier molecular flexibility index (Phi) is 3.15. The van der Waals surface area contributed by atoms with E-state index in [4.69, 9.17) is 5.11 Å². The summed E-state index contributed by atoms with van der Waals surface area (Å²) >= 11 is 0. The highest BCUT2D eigenvalue weighted by molar-refractivity contribution is 5.65. The summed E-state index contributed by atoms with van der Waals surface area (Å²) in [5, 5.41) is 9.09. The number of nitrogens with zero attached hydrogens (tertiary/aromatic N) is 2. The molecule has 3 rings (SSSR count). The van der Waals surface area contributed by atoms with Gasteiger partial charge in [-0.3, -0.25) is 0 Å². The number of aliphatic hydroxyl groups is 1. The first-order valence-electron chi connectivity index (χ1n) is 6.96. The highest BCUT2D eigenvalue weighted by Crippen LogP contribution is 2.30. The molecular formula is C16H20N2O. The molecule has 1 aromatic carbocycles. The van der Waals surface area contributed by atoms with Gasteiger partial charge < -0.3 is 9.67 Å². The van der Waals surface area contributed by atoms with Gasteiger partial charge in [-0.05, 0) is 43.4 Å². The third kappa shape index (κ3) is 2.08. The van der Waals surface area contributed by atoms with Crippen molar-refractivity contribution in [2.24, 2.45) is 7.05 Å². The van der Waals surface area contributed by atoms with Gasteiger partial charge in [0, 0.05) is 19.0 Å². The Hall–Kier alpha value is -1.61. The van der Waals surface area contributed by atoms with E-state index in [9.17, 15) is 0 Å². The van der Waals surface area contributed by atoms with Crippen LogP contribution in [0.2, 0.25) is 0 Å². The summed E-state index contributed by atoms with van der Waals surface area (Å²) in [5.74, 6) is 0.954. The van der Waals surface area contributed by atoms with E-state index in [1.54, 1.807) is 0 Å². The molecule has 3 nitrogen and oxygen atoms in total. The monoisotopic (exact) mass is 256 g/mol. The molecule has 0 atom stereocenters. The zero-order chi connectivity index (χ0) is 13.4. The average Bonchev–Trinajstić information content (AvgIpc) is 2.95. The topological polar surface area (TPSA) is 38.1 Å². The van der Waals surface area contributed by atoms with Crippen molar-refractivity contribution in [1.29, 1.82) is 0 Å². The number of fused-ring (bicyclic) bond motifs is 1. The van der Waals surface area contributed by atoms with Crippen molar-refractivity contribution < 1.29 is 5.11 Å². The van der Waals surface area contributed by atoms with Gasteiger partial charge >= 0.3 is 0 Å². The van der Waals surface area contributed by atoms with Crippen LogP contribution in [0.15, 0.2) is 18.2 Å². The van der Waals surface area contributed by atoms with E-state index in [0.717, 1.165) is 11.5 Å². The van der Waals surface area contributed by atoms with Gasteiger partial charge in [-0.1, -0.05) is 12.1 Å². The summed E-state index contributed by atoms with van der Waals surface area (Å²) in [5.41, 5.74) is 6.46. The van der Waals surface area contributed by atoms with Crippen molar-refractivity contribution >= 4 is 0 Å². The molecule has 1 N–H and O–H groups in total. The van der Waals surface area contributed by atoms with Crippen LogP contribution >= 0.6 is 0 Å². The number of imidazole rings is 1. The molecule has 0 spiro atoms. The minimum absolute atomic E-state index is 0.147. The van der Waals surface area contributed by atoms with E-state index >= 15 is 0 Å². The lowest BCUT2D eigenvalue weighted by molar-refractivity contribution is 0.295. The summed E-state index contributed by atoms with van der Waals surface area (Å²) in [6, 6.07) is 6.78. The van der Waals surface area contributed by atoms with Crippen molar-refractivity contribution in [3.05, 3.63) is 40.8 Å². The Morgan fingerprint density at radius 2 is 2.05 bits per heavy atom. The van der Waals surface area contributed by atoms with Crippen LogP contribution in [0.5, 0.6) is 0 Å². The maximum atomic E-state index is 9.09. The summed E-state index contributed by atoms with van der Waals surface area (Å²) in [6.45, 7) is 2.19. The fourth-order valence-corrected chi connectivity index (χ4v) is 3.14. The minimum Gasteiger partial charge on any atom is -0.396 e. The molecule has 1 heterocycles. The van der Waals surface area contributed by atoms with E-state index in [1.165, 1.54) is 41.6 Å². The molecule has 3 heteroatoms. The quantitative estimate of drug-likeness (QED) is 0.916. The van der Waals surface area contributed by atoms with E-state index in [1.807, 2.05) is 14.0 Å². The van der Waals surface area contributed by atoms with Crippen LogP contribution in [-0.4, -0.2) is 21.3 Å². The third-order valence-electron chi connectivity index (χ3n) is 4.07. The van der Waals surface area contributed by atoms with Gasteiger partial charge in [0.15, 0.2) is 0 Å². The molecule has 0 saturated heterocycles. The van der Waals surface area contributed by atoms with Crippen molar-refractivity contribution in [2.75, 3.05) is 6.61 Å². The van der Waals surface area contributed by atoms with Gasteiger partial charge in [-0.15, -0.1) is 0 Å². The van der Waals surface area contributed by atoms with Crippen molar-refractivity contribution in [1.82, 2.24) is 9.55 Å². The van der Waals surface area contributed by atoms with Crippen LogP contribution in [0.1, 0.15) is 29.1 Å². The van der Waals surface area contributed by atoms with Crippen LogP contribution in [0.3, 0.4) is 0 Å². The Bertz CT molecular complexity index is 613. The lowest BCUT2D eigenvalue weighted by Crippen LogP contribution is -2.02. The van der Waals surface area contributed by atoms with E-state index in [-0.39, 0.29) is 6.61 Å². The molecule has 0 bridgehead atoms. The van der Waals surface area contributed by atoms with Gasteiger partial charge in [0.2, 0.25) is 0 Å². The van der Waals surface area contributed by atoms with E-state index < -0.39 is 0 Å². The van der Waals surface area contributed by atoms with Gasteiger partial charge in [-0.2, -0.15) is 0 Å². The van der Waals surface area contributed by atoms with Crippen LogP contribution in [0.4, 0.5) is 0 Å². The van der Waals surface area contributed by atoms with E-state index in [2.05, 4.69) is 27.8 Å². The maximum absolute atomic E-state index is 9.09. The minimum atomic E-state index is 0.147. The third-order valence-corrected chi connectivity index (χ3v) is 4.07. The molecule has 0 radical (unpaired) electrons. The zero-order valence-electron chi connectivity index (χ0n) is 11.6. The first-order valence-corrected chi connectivity index (χ1v) is 6.96. The SMILES string of the molecule is Cc1nc(CCO)n(C)c1-c1ccc2c(c1)CCC2. The number of rotatable bonds is 3. The van der Waals surface area contributed by atoms with Crippen molar-refractivity contribution in [2.45, 2.75) is 32.6 Å². The van der Waals surface area contributed by atoms with Crippen LogP contribution in [-0.2, 0) is 26.3 Å². The number of aliphatic hydroxyl groups excluding tert-OH is 1. The highest BCUT2D eigenvalue weighted by Gasteiger charge is 2.16. The number of hydrogen-bond donors (Lipinski definition) is 1. The lowest BCUT2D eigenvalue weighted by atomic mass is 10.0. The maximum Gasteiger partial charge on any atom is 0.111 e. The second kappa shape index (κ2) is 4.82. The second-order valence-electron chi connectivity index (χ2n) is 5.33. The summed E-state index contributed by atoms with van der Waals surface area (Å²) in [6.07, 6.45) is 4.31. The molecule has 0 unspecified atom stereocenters. The van der Waals surface area contributed by atoms with Gasteiger partial charge in [0.25, 0.3) is 0 Å². The molecule has 19 heavy (non-hydrogen) atoms. The highest BCUT2D eigenvalue weighted by atomic mass is 16.3. The Morgan fingerprint density at radius 1 is 1.26 bits per heavy atom. The van der Waals surface area contributed by atoms with Crippen LogP contribution < -0.4 is 0 Å². The first-order chi connectivity index (χ1) is 9.20. The normalized spacial score (nSPS) is 13.8. The molecule has 1 aliphatic rings. The molecule has 0 saturated carbocycles. The molecule has 2 aromatic rings. The van der Waals surface area contributed by atoms with Gasteiger partial charge in [0.1, 0.15) is 5.82 Å². The average molecular weight is 256 g/mol. The number of aryl methyl sites for hydroxylation is 3. The van der Waals surface area contributed by atoms with Crippen LogP contribution in [0.25, 0.3) is 11.3 Å². The van der Waals surface area contributed by atoms with Gasteiger partial charge in [0.05, 0.1) is 18.0 Å². The van der Waals surface area contributed by atoms with E-state index in [0.29, 0.717) is 6.42 Å². The Labute approximate surface area is 113 Å².